The third kappa shape index (κ3) is 5.45. The van der Waals surface area contributed by atoms with Gasteiger partial charge in [-0.25, -0.2) is 8.42 Å². The topological polar surface area (TPSA) is 116 Å². The summed E-state index contributed by atoms with van der Waals surface area (Å²) >= 11 is 0. The van der Waals surface area contributed by atoms with Crippen molar-refractivity contribution in [3.8, 4) is 0 Å². The van der Waals surface area contributed by atoms with E-state index in [2.05, 4.69) is 10.0 Å². The molecule has 1 atom stereocenters. The van der Waals surface area contributed by atoms with Gasteiger partial charge in [-0.1, -0.05) is 12.1 Å². The van der Waals surface area contributed by atoms with E-state index in [1.54, 1.807) is 0 Å². The number of carbonyl (C=O) groups excluding carboxylic acids is 1. The molecule has 1 aliphatic rings. The lowest BCUT2D eigenvalue weighted by Crippen LogP contribution is -2.25. The van der Waals surface area contributed by atoms with Gasteiger partial charge in [0.1, 0.15) is 6.54 Å². The molecule has 0 saturated carbocycles. The van der Waals surface area contributed by atoms with E-state index in [1.165, 1.54) is 53.4 Å². The molecule has 0 aromatic heterocycles. The van der Waals surface area contributed by atoms with Crippen LogP contribution in [0.3, 0.4) is 0 Å². The molecule has 0 aliphatic carbocycles. The van der Waals surface area contributed by atoms with E-state index < -0.39 is 34.6 Å². The second kappa shape index (κ2) is 8.46. The maximum atomic E-state index is 12.7. The molecule has 12 heteroatoms. The Bertz CT molecular complexity index is 1090. The van der Waals surface area contributed by atoms with Gasteiger partial charge in [0.05, 0.1) is 22.2 Å². The van der Waals surface area contributed by atoms with Gasteiger partial charge in [-0.2, -0.15) is 13.2 Å². The Morgan fingerprint density at radius 2 is 1.71 bits per heavy atom. The van der Waals surface area contributed by atoms with Crippen molar-refractivity contribution in [1.82, 2.24) is 0 Å². The first-order chi connectivity index (χ1) is 14.5. The van der Waals surface area contributed by atoms with Crippen molar-refractivity contribution in [2.75, 3.05) is 28.0 Å². The number of nitrogens with zero attached hydrogens (tertiary/aromatic N) is 1. The van der Waals surface area contributed by atoms with Crippen LogP contribution < -0.4 is 14.9 Å². The molecule has 2 aromatic rings. The fraction of sp³-hybridized carbons (Fsp3) is 0.263. The smallest absolute Gasteiger partial charge is 0.405 e. The molecule has 1 aliphatic heterocycles. The highest BCUT2D eigenvalue weighted by Gasteiger charge is 2.35. The highest BCUT2D eigenvalue weighted by Crippen LogP contribution is 2.29. The summed E-state index contributed by atoms with van der Waals surface area (Å²) in [6.45, 7) is -1.35. The van der Waals surface area contributed by atoms with Crippen LogP contribution in [0.2, 0.25) is 0 Å². The van der Waals surface area contributed by atoms with Crippen LogP contribution in [0.25, 0.3) is 0 Å². The molecule has 1 amide bonds. The zero-order chi connectivity index (χ0) is 22.8. The normalized spacial score (nSPS) is 16.9. The van der Waals surface area contributed by atoms with Crippen molar-refractivity contribution in [3.63, 3.8) is 0 Å². The zero-order valence-corrected chi connectivity index (χ0v) is 16.7. The minimum absolute atomic E-state index is 0.0171. The van der Waals surface area contributed by atoms with E-state index in [4.69, 9.17) is 5.11 Å². The molecule has 3 N–H and O–H groups in total. The Kier molecular flexibility index (Phi) is 6.11. The molecule has 1 unspecified atom stereocenters. The molecule has 1 saturated heterocycles. The van der Waals surface area contributed by atoms with Crippen LogP contribution in [-0.4, -0.2) is 44.7 Å². The number of hydrogen-bond acceptors (Lipinski definition) is 5. The number of alkyl halides is 3. The van der Waals surface area contributed by atoms with Crippen LogP contribution >= 0.6 is 0 Å². The number of amides is 1. The SMILES string of the molecule is O=C(O)C1CC(=O)N(c2ccc(S(=O)(=O)Nc3ccccc3NCC(F)(F)F)cc2)C1. The lowest BCUT2D eigenvalue weighted by atomic mass is 10.1. The number of carboxylic acid groups (broad SMARTS) is 1. The Hall–Kier alpha value is -3.28. The highest BCUT2D eigenvalue weighted by molar-refractivity contribution is 7.92. The number of halogens is 3. The van der Waals surface area contributed by atoms with Crippen molar-refractivity contribution in [3.05, 3.63) is 48.5 Å². The van der Waals surface area contributed by atoms with Gasteiger partial charge in [0.25, 0.3) is 10.0 Å². The first-order valence-corrected chi connectivity index (χ1v) is 10.5. The summed E-state index contributed by atoms with van der Waals surface area (Å²) < 4.78 is 65.0. The van der Waals surface area contributed by atoms with Gasteiger partial charge >= 0.3 is 12.1 Å². The number of hydrogen-bond donors (Lipinski definition) is 3. The third-order valence-corrected chi connectivity index (χ3v) is 5.97. The van der Waals surface area contributed by atoms with Gasteiger partial charge in [-0.3, -0.25) is 14.3 Å². The molecule has 2 aromatic carbocycles. The van der Waals surface area contributed by atoms with Crippen molar-refractivity contribution >= 4 is 39.0 Å². The molecule has 1 fully saturated rings. The largest absolute Gasteiger partial charge is 0.481 e. The summed E-state index contributed by atoms with van der Waals surface area (Å²) in [4.78, 5) is 24.2. The number of anilines is 3. The number of nitrogens with one attached hydrogen (secondary N) is 2. The monoisotopic (exact) mass is 457 g/mol. The molecule has 0 bridgehead atoms. The molecule has 0 spiro atoms. The molecule has 1 heterocycles. The molecular weight excluding hydrogens is 439 g/mol. The number of sulfonamides is 1. The van der Waals surface area contributed by atoms with Gasteiger partial charge < -0.3 is 15.3 Å². The maximum absolute atomic E-state index is 12.7. The van der Waals surface area contributed by atoms with Crippen LogP contribution in [0.5, 0.6) is 0 Å². The Labute approximate surface area is 175 Å². The predicted octanol–water partition coefficient (Wildman–Crippen LogP) is 2.90. The minimum Gasteiger partial charge on any atom is -0.481 e. The average molecular weight is 457 g/mol. The van der Waals surface area contributed by atoms with E-state index >= 15 is 0 Å². The molecule has 3 rings (SSSR count). The molecule has 31 heavy (non-hydrogen) atoms. The van der Waals surface area contributed by atoms with Gasteiger partial charge in [-0.05, 0) is 36.4 Å². The second-order valence-corrected chi connectivity index (χ2v) is 8.54. The van der Waals surface area contributed by atoms with E-state index in [-0.39, 0.29) is 35.1 Å². The van der Waals surface area contributed by atoms with E-state index in [0.29, 0.717) is 5.69 Å². The third-order valence-electron chi connectivity index (χ3n) is 4.58. The summed E-state index contributed by atoms with van der Waals surface area (Å²) in [5.74, 6) is -2.30. The number of carboxylic acids is 1. The van der Waals surface area contributed by atoms with Crippen molar-refractivity contribution in [1.29, 1.82) is 0 Å². The van der Waals surface area contributed by atoms with Gasteiger partial charge in [0, 0.05) is 18.7 Å². The number of carbonyl (C=O) groups is 2. The van der Waals surface area contributed by atoms with Crippen LogP contribution in [0.15, 0.2) is 53.4 Å². The summed E-state index contributed by atoms with van der Waals surface area (Å²) in [5, 5.41) is 11.2. The number of para-hydroxylation sites is 2. The lowest BCUT2D eigenvalue weighted by Gasteiger charge is -2.17. The fourth-order valence-corrected chi connectivity index (χ4v) is 4.13. The fourth-order valence-electron chi connectivity index (χ4n) is 3.05. The minimum atomic E-state index is -4.48. The van der Waals surface area contributed by atoms with Gasteiger partial charge in [0.2, 0.25) is 5.91 Å². The molecule has 8 nitrogen and oxygen atoms in total. The highest BCUT2D eigenvalue weighted by atomic mass is 32.2. The van der Waals surface area contributed by atoms with Crippen LogP contribution in [0.1, 0.15) is 6.42 Å². The first kappa shape index (κ1) is 22.4. The molecule has 0 radical (unpaired) electrons. The summed E-state index contributed by atoms with van der Waals surface area (Å²) in [7, 11) is -4.14. The van der Waals surface area contributed by atoms with Crippen LogP contribution in [0, 0.1) is 5.92 Å². The number of rotatable bonds is 7. The lowest BCUT2D eigenvalue weighted by molar-refractivity contribution is -0.141. The van der Waals surface area contributed by atoms with E-state index in [9.17, 15) is 31.2 Å². The van der Waals surface area contributed by atoms with E-state index in [1.807, 2.05) is 0 Å². The number of aliphatic carboxylic acids is 1. The van der Waals surface area contributed by atoms with Crippen molar-refractivity contribution < 1.29 is 36.3 Å². The van der Waals surface area contributed by atoms with Crippen LogP contribution in [-0.2, 0) is 19.6 Å². The zero-order valence-electron chi connectivity index (χ0n) is 15.9. The van der Waals surface area contributed by atoms with E-state index in [0.717, 1.165) is 0 Å². The van der Waals surface area contributed by atoms with Crippen molar-refractivity contribution in [2.24, 2.45) is 5.92 Å². The molecular formula is C19H18F3N3O5S. The summed E-state index contributed by atoms with van der Waals surface area (Å²) in [5.41, 5.74) is 0.247. The quantitative estimate of drug-likeness (QED) is 0.589. The molecule has 166 valence electrons. The average Bonchev–Trinajstić information content (AvgIpc) is 3.08. The summed E-state index contributed by atoms with van der Waals surface area (Å²) in [6.07, 6.45) is -4.62. The van der Waals surface area contributed by atoms with Crippen molar-refractivity contribution in [2.45, 2.75) is 17.5 Å². The number of benzene rings is 2. The Morgan fingerprint density at radius 1 is 1.10 bits per heavy atom. The predicted molar refractivity (Wildman–Crippen MR) is 106 cm³/mol. The maximum Gasteiger partial charge on any atom is 0.405 e. The first-order valence-electron chi connectivity index (χ1n) is 9.02. The summed E-state index contributed by atoms with van der Waals surface area (Å²) in [6, 6.07) is 10.7. The standard InChI is InChI=1S/C19H18F3N3O5S/c20-19(21,22)11-23-15-3-1-2-4-16(15)24-31(29,30)14-7-5-13(6-8-14)25-10-12(18(27)28)9-17(25)26/h1-8,12,23-24H,9-11H2,(H,27,28). The van der Waals surface area contributed by atoms with Crippen LogP contribution in [0.4, 0.5) is 30.2 Å². The second-order valence-electron chi connectivity index (χ2n) is 6.86. The van der Waals surface area contributed by atoms with Gasteiger partial charge in [0.15, 0.2) is 0 Å². The Morgan fingerprint density at radius 3 is 2.26 bits per heavy atom. The van der Waals surface area contributed by atoms with Gasteiger partial charge in [-0.15, -0.1) is 0 Å². The Balaban J connectivity index is 1.77.